The van der Waals surface area contributed by atoms with Gasteiger partial charge >= 0.3 is 15.8 Å². The van der Waals surface area contributed by atoms with Gasteiger partial charge in [-0.05, 0) is 42.0 Å². The largest absolute Gasteiger partial charge is 0.490 e. The number of rotatable bonds is 7. The maximum atomic E-state index is 12.2. The highest BCUT2D eigenvalue weighted by Gasteiger charge is 2.14. The monoisotopic (exact) mass is 377 g/mol. The van der Waals surface area contributed by atoms with Gasteiger partial charge < -0.3 is 8.92 Å². The normalized spacial score (nSPS) is 11.3. The van der Waals surface area contributed by atoms with Gasteiger partial charge in [-0.2, -0.15) is 8.42 Å². The Kier molecular flexibility index (Phi) is 5.73. The van der Waals surface area contributed by atoms with Crippen LogP contribution >= 0.6 is 0 Å². The van der Waals surface area contributed by atoms with Crippen molar-refractivity contribution in [3.63, 3.8) is 0 Å². The summed E-state index contributed by atoms with van der Waals surface area (Å²) in [6, 6.07) is 9.89. The van der Waals surface area contributed by atoms with Gasteiger partial charge in [-0.1, -0.05) is 12.1 Å². The summed E-state index contributed by atoms with van der Waals surface area (Å²) in [5.74, 6) is -0.131. The number of ether oxygens (including phenoxy) is 1. The molecule has 0 unspecified atom stereocenters. The number of benzene rings is 2. The second-order valence-electron chi connectivity index (χ2n) is 5.20. The summed E-state index contributed by atoms with van der Waals surface area (Å²) >= 11 is 0. The standard InChI is InChI=1S/C17H15NO7S/c1-24-17-10-4-12(11-15(17)18(20)21)3-9-16(19)13-5-7-14(8-6-13)25-26(2,22)23/h3-11H,1-2H3/b9-3+. The molecule has 136 valence electrons. The van der Waals surface area contributed by atoms with E-state index in [0.717, 1.165) is 6.26 Å². The predicted octanol–water partition coefficient (Wildman–Crippen LogP) is 2.84. The minimum atomic E-state index is -3.64. The third-order valence-corrected chi connectivity index (χ3v) is 3.71. The van der Waals surface area contributed by atoms with Crippen LogP contribution in [0.5, 0.6) is 11.5 Å². The molecule has 0 aliphatic carbocycles. The van der Waals surface area contributed by atoms with Crippen LogP contribution in [-0.2, 0) is 10.1 Å². The van der Waals surface area contributed by atoms with Gasteiger partial charge in [-0.15, -0.1) is 0 Å². The van der Waals surface area contributed by atoms with Crippen LogP contribution in [0.3, 0.4) is 0 Å². The molecule has 0 spiro atoms. The van der Waals surface area contributed by atoms with Crippen LogP contribution in [-0.4, -0.2) is 32.5 Å². The fourth-order valence-corrected chi connectivity index (χ4v) is 2.53. The van der Waals surface area contributed by atoms with Gasteiger partial charge in [0.15, 0.2) is 11.5 Å². The molecule has 9 heteroatoms. The number of ketones is 1. The van der Waals surface area contributed by atoms with Crippen LogP contribution in [0.4, 0.5) is 5.69 Å². The third kappa shape index (κ3) is 5.15. The van der Waals surface area contributed by atoms with Crippen molar-refractivity contribution >= 4 is 27.7 Å². The van der Waals surface area contributed by atoms with Gasteiger partial charge in [0.25, 0.3) is 0 Å². The fraction of sp³-hybridized carbons (Fsp3) is 0.118. The van der Waals surface area contributed by atoms with E-state index in [1.165, 1.54) is 55.7 Å². The number of allylic oxidation sites excluding steroid dienone is 1. The predicted molar refractivity (Wildman–Crippen MR) is 94.9 cm³/mol. The number of hydrogen-bond acceptors (Lipinski definition) is 7. The number of hydrogen-bond donors (Lipinski definition) is 0. The molecule has 0 aliphatic rings. The molecule has 2 aromatic rings. The van der Waals surface area contributed by atoms with Gasteiger partial charge in [0, 0.05) is 11.6 Å². The van der Waals surface area contributed by atoms with Crippen molar-refractivity contribution in [2.24, 2.45) is 0 Å². The van der Waals surface area contributed by atoms with Crippen molar-refractivity contribution in [1.82, 2.24) is 0 Å². The molecule has 0 aliphatic heterocycles. The average molecular weight is 377 g/mol. The molecular weight excluding hydrogens is 362 g/mol. The maximum Gasteiger partial charge on any atom is 0.311 e. The molecule has 0 saturated carbocycles. The topological polar surface area (TPSA) is 113 Å². The molecule has 0 saturated heterocycles. The number of nitro groups is 1. The fourth-order valence-electron chi connectivity index (χ4n) is 2.07. The third-order valence-electron chi connectivity index (χ3n) is 3.21. The van der Waals surface area contributed by atoms with E-state index in [0.29, 0.717) is 11.1 Å². The van der Waals surface area contributed by atoms with E-state index in [1.54, 1.807) is 6.07 Å². The van der Waals surface area contributed by atoms with Gasteiger partial charge in [0.2, 0.25) is 0 Å². The first kappa shape index (κ1) is 19.1. The molecule has 0 bridgehead atoms. The number of methoxy groups -OCH3 is 1. The molecule has 2 aromatic carbocycles. The minimum absolute atomic E-state index is 0.0961. The first-order valence-electron chi connectivity index (χ1n) is 7.24. The van der Waals surface area contributed by atoms with E-state index in [1.807, 2.05) is 0 Å². The van der Waals surface area contributed by atoms with Crippen LogP contribution < -0.4 is 8.92 Å². The number of nitrogens with zero attached hydrogens (tertiary/aromatic N) is 1. The van der Waals surface area contributed by atoms with Crippen LogP contribution in [0.2, 0.25) is 0 Å². The lowest BCUT2D eigenvalue weighted by atomic mass is 10.1. The first-order chi connectivity index (χ1) is 12.2. The zero-order valence-electron chi connectivity index (χ0n) is 13.9. The molecule has 0 N–H and O–H groups in total. The molecule has 26 heavy (non-hydrogen) atoms. The summed E-state index contributed by atoms with van der Waals surface area (Å²) in [6.07, 6.45) is 3.62. The Hall–Kier alpha value is -3.20. The molecule has 0 atom stereocenters. The Balaban J connectivity index is 2.16. The van der Waals surface area contributed by atoms with E-state index in [2.05, 4.69) is 0 Å². The van der Waals surface area contributed by atoms with Gasteiger partial charge in [-0.25, -0.2) is 0 Å². The van der Waals surface area contributed by atoms with E-state index >= 15 is 0 Å². The van der Waals surface area contributed by atoms with Gasteiger partial charge in [-0.3, -0.25) is 14.9 Å². The quantitative estimate of drug-likeness (QED) is 0.240. The van der Waals surface area contributed by atoms with Crippen molar-refractivity contribution in [2.75, 3.05) is 13.4 Å². The molecule has 2 rings (SSSR count). The lowest BCUT2D eigenvalue weighted by molar-refractivity contribution is -0.385. The lowest BCUT2D eigenvalue weighted by Gasteiger charge is -2.03. The highest BCUT2D eigenvalue weighted by atomic mass is 32.2. The van der Waals surface area contributed by atoms with Gasteiger partial charge in [0.05, 0.1) is 18.3 Å². The Bertz CT molecular complexity index is 963. The Morgan fingerprint density at radius 3 is 2.35 bits per heavy atom. The van der Waals surface area contributed by atoms with Crippen LogP contribution in [0.15, 0.2) is 48.5 Å². The molecule has 0 amide bonds. The Labute approximate surface area is 149 Å². The molecule has 0 heterocycles. The number of nitro benzene ring substituents is 1. The van der Waals surface area contributed by atoms with E-state index < -0.39 is 15.0 Å². The highest BCUT2D eigenvalue weighted by molar-refractivity contribution is 7.86. The second-order valence-corrected chi connectivity index (χ2v) is 6.77. The van der Waals surface area contributed by atoms with Crippen LogP contribution in [0, 0.1) is 10.1 Å². The van der Waals surface area contributed by atoms with Crippen molar-refractivity contribution < 1.29 is 27.1 Å². The maximum absolute atomic E-state index is 12.2. The van der Waals surface area contributed by atoms with Crippen molar-refractivity contribution in [1.29, 1.82) is 0 Å². The molecule has 0 fully saturated rings. The summed E-state index contributed by atoms with van der Waals surface area (Å²) < 4.78 is 31.7. The van der Waals surface area contributed by atoms with E-state index in [9.17, 15) is 23.3 Å². The molecule has 0 aromatic heterocycles. The van der Waals surface area contributed by atoms with Crippen molar-refractivity contribution in [3.05, 3.63) is 69.8 Å². The van der Waals surface area contributed by atoms with Crippen molar-refractivity contribution in [2.45, 2.75) is 0 Å². The van der Waals surface area contributed by atoms with E-state index in [4.69, 9.17) is 8.92 Å². The number of carbonyl (C=O) groups excluding carboxylic acids is 1. The van der Waals surface area contributed by atoms with E-state index in [-0.39, 0.29) is 23.0 Å². The Morgan fingerprint density at radius 2 is 1.81 bits per heavy atom. The highest BCUT2D eigenvalue weighted by Crippen LogP contribution is 2.28. The zero-order chi connectivity index (χ0) is 19.3. The second kappa shape index (κ2) is 7.79. The SMILES string of the molecule is COc1ccc(/C=C/C(=O)c2ccc(OS(C)(=O)=O)cc2)cc1[N+](=O)[O-]. The summed E-state index contributed by atoms with van der Waals surface area (Å²) in [7, 11) is -2.31. The average Bonchev–Trinajstić information content (AvgIpc) is 2.58. The smallest absolute Gasteiger partial charge is 0.311 e. The summed E-state index contributed by atoms with van der Waals surface area (Å²) in [6.45, 7) is 0. The zero-order valence-corrected chi connectivity index (χ0v) is 14.7. The van der Waals surface area contributed by atoms with Crippen molar-refractivity contribution in [3.8, 4) is 11.5 Å². The molecule has 0 radical (unpaired) electrons. The molecule has 8 nitrogen and oxygen atoms in total. The summed E-state index contributed by atoms with van der Waals surface area (Å²) in [5.41, 5.74) is 0.567. The summed E-state index contributed by atoms with van der Waals surface area (Å²) in [4.78, 5) is 22.6. The van der Waals surface area contributed by atoms with Gasteiger partial charge in [0.1, 0.15) is 5.75 Å². The summed E-state index contributed by atoms with van der Waals surface area (Å²) in [5, 5.41) is 11.0. The minimum Gasteiger partial charge on any atom is -0.490 e. The number of carbonyl (C=O) groups is 1. The lowest BCUT2D eigenvalue weighted by Crippen LogP contribution is -2.05. The van der Waals surface area contributed by atoms with Crippen LogP contribution in [0.1, 0.15) is 15.9 Å². The van der Waals surface area contributed by atoms with Crippen LogP contribution in [0.25, 0.3) is 6.08 Å². The first-order valence-corrected chi connectivity index (χ1v) is 9.05. The Morgan fingerprint density at radius 1 is 1.15 bits per heavy atom. The molecular formula is C17H15NO7S.